The second-order valence-corrected chi connectivity index (χ2v) is 7.15. The molecule has 1 aliphatic rings. The molecule has 134 valence electrons. The average Bonchev–Trinajstić information content (AvgIpc) is 2.55. The minimum Gasteiger partial charge on any atom is -0.492 e. The highest BCUT2D eigenvalue weighted by molar-refractivity contribution is 5.93. The van der Waals surface area contributed by atoms with Crippen LogP contribution in [0.5, 0.6) is 5.75 Å². The molecule has 3 atom stereocenters. The van der Waals surface area contributed by atoms with Crippen LogP contribution in [0, 0.1) is 17.8 Å². The first-order valence-corrected chi connectivity index (χ1v) is 9.14. The molecule has 0 radical (unpaired) electrons. The first-order chi connectivity index (χ1) is 11.5. The lowest BCUT2D eigenvalue weighted by Gasteiger charge is -2.37. The molecule has 0 saturated heterocycles. The Balaban J connectivity index is 1.90. The number of carbonyl (C=O) groups is 1. The van der Waals surface area contributed by atoms with Gasteiger partial charge in [0.2, 0.25) is 5.91 Å². The number of benzene rings is 1. The molecular weight excluding hydrogens is 302 g/mol. The average molecular weight is 333 g/mol. The van der Waals surface area contributed by atoms with Crippen LogP contribution >= 0.6 is 0 Å². The zero-order chi connectivity index (χ0) is 17.5. The van der Waals surface area contributed by atoms with E-state index in [4.69, 9.17) is 9.47 Å². The predicted octanol–water partition coefficient (Wildman–Crippen LogP) is 4.50. The third-order valence-corrected chi connectivity index (χ3v) is 4.85. The topological polar surface area (TPSA) is 47.6 Å². The molecule has 2 rings (SSSR count). The van der Waals surface area contributed by atoms with Crippen LogP contribution in [0.25, 0.3) is 0 Å². The smallest absolute Gasteiger partial charge is 0.250 e. The fourth-order valence-electron chi connectivity index (χ4n) is 3.53. The van der Waals surface area contributed by atoms with Gasteiger partial charge < -0.3 is 14.8 Å². The lowest BCUT2D eigenvalue weighted by molar-refractivity contribution is -0.126. The number of ether oxygens (including phenoxy) is 2. The molecular formula is C20H31NO3. The number of para-hydroxylation sites is 2. The van der Waals surface area contributed by atoms with Crippen molar-refractivity contribution in [2.75, 3.05) is 18.5 Å². The first kappa shape index (κ1) is 18.8. The van der Waals surface area contributed by atoms with Crippen molar-refractivity contribution in [3.05, 3.63) is 24.3 Å². The fraction of sp³-hybridized carbons (Fsp3) is 0.650. The minimum atomic E-state index is -0.122. The third-order valence-electron chi connectivity index (χ3n) is 4.85. The number of hydrogen-bond donors (Lipinski definition) is 1. The minimum absolute atomic E-state index is 0.0983. The number of carbonyl (C=O) groups excluding carboxylic acids is 1. The highest BCUT2D eigenvalue weighted by Crippen LogP contribution is 2.35. The van der Waals surface area contributed by atoms with Gasteiger partial charge in [0.15, 0.2) is 0 Å². The Morgan fingerprint density at radius 2 is 2.04 bits per heavy atom. The van der Waals surface area contributed by atoms with Gasteiger partial charge >= 0.3 is 0 Å². The van der Waals surface area contributed by atoms with Crippen LogP contribution in [0.3, 0.4) is 0 Å². The number of hydrogen-bond acceptors (Lipinski definition) is 3. The van der Waals surface area contributed by atoms with Gasteiger partial charge in [-0.15, -0.1) is 0 Å². The Bertz CT molecular complexity index is 529. The van der Waals surface area contributed by atoms with Crippen molar-refractivity contribution in [2.24, 2.45) is 17.8 Å². The second kappa shape index (κ2) is 9.07. The molecule has 3 unspecified atom stereocenters. The maximum atomic E-state index is 12.3. The normalized spacial score (nSPS) is 24.0. The maximum Gasteiger partial charge on any atom is 0.250 e. The van der Waals surface area contributed by atoms with E-state index in [2.05, 4.69) is 26.1 Å². The summed E-state index contributed by atoms with van der Waals surface area (Å²) in [4.78, 5) is 12.3. The predicted molar refractivity (Wildman–Crippen MR) is 97.3 cm³/mol. The van der Waals surface area contributed by atoms with Crippen LogP contribution < -0.4 is 10.1 Å². The molecule has 1 amide bonds. The monoisotopic (exact) mass is 333 g/mol. The standard InChI is InChI=1S/C20H31NO3/c1-5-23-18-9-7-6-8-17(18)21-20(22)13-24-19-12-15(4)10-11-16(19)14(2)3/h6-9,14-16,19H,5,10-13H2,1-4H3,(H,21,22). The van der Waals surface area contributed by atoms with E-state index >= 15 is 0 Å². The molecule has 0 aromatic heterocycles. The molecule has 24 heavy (non-hydrogen) atoms. The van der Waals surface area contributed by atoms with Crippen molar-refractivity contribution in [3.8, 4) is 5.75 Å². The van der Waals surface area contributed by atoms with Crippen LogP contribution in [0.15, 0.2) is 24.3 Å². The van der Waals surface area contributed by atoms with Crippen molar-refractivity contribution in [2.45, 2.75) is 53.1 Å². The molecule has 0 heterocycles. The molecule has 0 bridgehead atoms. The highest BCUT2D eigenvalue weighted by Gasteiger charge is 2.31. The zero-order valence-electron chi connectivity index (χ0n) is 15.4. The SMILES string of the molecule is CCOc1ccccc1NC(=O)COC1CC(C)CCC1C(C)C. The molecule has 1 N–H and O–H groups in total. The summed E-state index contributed by atoms with van der Waals surface area (Å²) in [5, 5.41) is 2.90. The van der Waals surface area contributed by atoms with Gasteiger partial charge in [-0.25, -0.2) is 0 Å². The van der Waals surface area contributed by atoms with E-state index in [1.165, 1.54) is 12.8 Å². The van der Waals surface area contributed by atoms with Crippen LogP contribution in [0.1, 0.15) is 47.0 Å². The first-order valence-electron chi connectivity index (χ1n) is 9.14. The van der Waals surface area contributed by atoms with Gasteiger partial charge in [0, 0.05) is 0 Å². The molecule has 4 heteroatoms. The maximum absolute atomic E-state index is 12.3. The third kappa shape index (κ3) is 5.23. The number of anilines is 1. The van der Waals surface area contributed by atoms with E-state index in [1.54, 1.807) is 0 Å². The summed E-state index contributed by atoms with van der Waals surface area (Å²) >= 11 is 0. The van der Waals surface area contributed by atoms with Gasteiger partial charge in [0.1, 0.15) is 12.4 Å². The van der Waals surface area contributed by atoms with Crippen molar-refractivity contribution < 1.29 is 14.3 Å². The number of rotatable bonds is 7. The fourth-order valence-corrected chi connectivity index (χ4v) is 3.53. The van der Waals surface area contributed by atoms with Gasteiger partial charge in [-0.2, -0.15) is 0 Å². The molecule has 1 fully saturated rings. The molecule has 0 spiro atoms. The second-order valence-electron chi connectivity index (χ2n) is 7.15. The Morgan fingerprint density at radius 1 is 1.29 bits per heavy atom. The van der Waals surface area contributed by atoms with Crippen LogP contribution in [-0.4, -0.2) is 25.2 Å². The largest absolute Gasteiger partial charge is 0.492 e. The van der Waals surface area contributed by atoms with Crippen LogP contribution in [0.4, 0.5) is 5.69 Å². The summed E-state index contributed by atoms with van der Waals surface area (Å²) in [5.74, 6) is 2.38. The summed E-state index contributed by atoms with van der Waals surface area (Å²) in [5.41, 5.74) is 0.699. The molecule has 1 aromatic rings. The van der Waals surface area contributed by atoms with E-state index in [-0.39, 0.29) is 18.6 Å². The molecule has 1 aliphatic carbocycles. The molecule has 0 aliphatic heterocycles. The lowest BCUT2D eigenvalue weighted by atomic mass is 9.75. The summed E-state index contributed by atoms with van der Waals surface area (Å²) in [7, 11) is 0. The van der Waals surface area contributed by atoms with Gasteiger partial charge in [-0.05, 0) is 49.7 Å². The van der Waals surface area contributed by atoms with Crippen LogP contribution in [-0.2, 0) is 9.53 Å². The van der Waals surface area contributed by atoms with Crippen molar-refractivity contribution >= 4 is 11.6 Å². The summed E-state index contributed by atoms with van der Waals surface area (Å²) in [6.07, 6.45) is 3.68. The summed E-state index contributed by atoms with van der Waals surface area (Å²) in [6.45, 7) is 9.36. The Morgan fingerprint density at radius 3 is 2.75 bits per heavy atom. The van der Waals surface area contributed by atoms with Crippen LogP contribution in [0.2, 0.25) is 0 Å². The summed E-state index contributed by atoms with van der Waals surface area (Å²) < 4.78 is 11.5. The quantitative estimate of drug-likeness (QED) is 0.799. The van der Waals surface area contributed by atoms with Gasteiger partial charge in [-0.1, -0.05) is 39.3 Å². The number of amides is 1. The molecule has 4 nitrogen and oxygen atoms in total. The van der Waals surface area contributed by atoms with Gasteiger partial charge in [0.25, 0.3) is 0 Å². The zero-order valence-corrected chi connectivity index (χ0v) is 15.4. The van der Waals surface area contributed by atoms with Crippen molar-refractivity contribution in [1.82, 2.24) is 0 Å². The summed E-state index contributed by atoms with van der Waals surface area (Å²) in [6, 6.07) is 7.49. The van der Waals surface area contributed by atoms with E-state index < -0.39 is 0 Å². The molecule has 1 aromatic carbocycles. The van der Waals surface area contributed by atoms with E-state index in [9.17, 15) is 4.79 Å². The number of nitrogens with one attached hydrogen (secondary N) is 1. The van der Waals surface area contributed by atoms with Gasteiger partial charge in [0.05, 0.1) is 18.4 Å². The molecule has 1 saturated carbocycles. The van der Waals surface area contributed by atoms with E-state index in [0.717, 1.165) is 6.42 Å². The lowest BCUT2D eigenvalue weighted by Crippen LogP contribution is -2.36. The Labute approximate surface area is 145 Å². The Kier molecular flexibility index (Phi) is 7.10. The van der Waals surface area contributed by atoms with E-state index in [0.29, 0.717) is 35.8 Å². The Hall–Kier alpha value is -1.55. The van der Waals surface area contributed by atoms with Crippen molar-refractivity contribution in [1.29, 1.82) is 0 Å². The highest BCUT2D eigenvalue weighted by atomic mass is 16.5. The van der Waals surface area contributed by atoms with Gasteiger partial charge in [-0.3, -0.25) is 4.79 Å². The van der Waals surface area contributed by atoms with E-state index in [1.807, 2.05) is 31.2 Å². The van der Waals surface area contributed by atoms with Crippen molar-refractivity contribution in [3.63, 3.8) is 0 Å².